The molecule has 138 valence electrons. The van der Waals surface area contributed by atoms with Gasteiger partial charge in [0.1, 0.15) is 11.6 Å². The molecule has 0 aliphatic carbocycles. The van der Waals surface area contributed by atoms with Crippen molar-refractivity contribution in [1.82, 2.24) is 9.80 Å². The van der Waals surface area contributed by atoms with Crippen molar-refractivity contribution in [2.45, 2.75) is 46.1 Å². The van der Waals surface area contributed by atoms with E-state index in [4.69, 9.17) is 21.4 Å². The van der Waals surface area contributed by atoms with Crippen molar-refractivity contribution >= 4 is 29.6 Å². The molecule has 0 bridgehead atoms. The Labute approximate surface area is 151 Å². The van der Waals surface area contributed by atoms with Crippen LogP contribution in [0.5, 0.6) is 0 Å². The minimum atomic E-state index is -0.954. The highest BCUT2D eigenvalue weighted by Gasteiger charge is 2.57. The molecule has 2 saturated heterocycles. The lowest BCUT2D eigenvalue weighted by Crippen LogP contribution is -2.46. The number of carbonyl (C=O) groups excluding carboxylic acids is 2. The number of halogens is 1. The number of carboxylic acid groups (broad SMARTS) is 1. The van der Waals surface area contributed by atoms with E-state index in [1.165, 1.54) is 4.90 Å². The van der Waals surface area contributed by atoms with Gasteiger partial charge in [-0.1, -0.05) is 32.4 Å². The van der Waals surface area contributed by atoms with Gasteiger partial charge in [-0.2, -0.15) is 0 Å². The van der Waals surface area contributed by atoms with Gasteiger partial charge in [0.2, 0.25) is 5.91 Å². The van der Waals surface area contributed by atoms with Crippen LogP contribution < -0.4 is 0 Å². The quantitative estimate of drug-likeness (QED) is 0.716. The predicted octanol–water partition coefficient (Wildman–Crippen LogP) is 2.40. The molecule has 0 aromatic rings. The van der Waals surface area contributed by atoms with Crippen LogP contribution in [0.25, 0.3) is 0 Å². The van der Waals surface area contributed by atoms with Gasteiger partial charge < -0.3 is 19.6 Å². The molecule has 7 nitrogen and oxygen atoms in total. The van der Waals surface area contributed by atoms with Crippen molar-refractivity contribution in [2.24, 2.45) is 10.8 Å². The summed E-state index contributed by atoms with van der Waals surface area (Å²) in [6.45, 7) is 6.84. The third-order valence-corrected chi connectivity index (χ3v) is 5.99. The second kappa shape index (κ2) is 5.90. The summed E-state index contributed by atoms with van der Waals surface area (Å²) < 4.78 is 5.00. The molecule has 0 saturated carbocycles. The highest BCUT2D eigenvalue weighted by Crippen LogP contribution is 2.51. The molecule has 0 aromatic carbocycles. The molecule has 25 heavy (non-hydrogen) atoms. The van der Waals surface area contributed by atoms with E-state index < -0.39 is 17.5 Å². The number of amides is 2. The maximum atomic E-state index is 13.4. The number of rotatable bonds is 1. The number of esters is 1. The van der Waals surface area contributed by atoms with Crippen molar-refractivity contribution in [3.8, 4) is 0 Å². The van der Waals surface area contributed by atoms with Gasteiger partial charge in [0.05, 0.1) is 11.1 Å². The largest absolute Gasteiger partial charge is 0.465 e. The van der Waals surface area contributed by atoms with Crippen LogP contribution in [0.15, 0.2) is 10.7 Å². The van der Waals surface area contributed by atoms with Crippen LogP contribution in [-0.2, 0) is 14.3 Å². The maximum Gasteiger partial charge on any atom is 0.407 e. The Morgan fingerprint density at radius 2 is 1.88 bits per heavy atom. The van der Waals surface area contributed by atoms with Crippen LogP contribution in [0.1, 0.15) is 40.0 Å². The van der Waals surface area contributed by atoms with Crippen molar-refractivity contribution in [1.29, 1.82) is 0 Å². The zero-order valence-electron chi connectivity index (χ0n) is 14.7. The average Bonchev–Trinajstić information content (AvgIpc) is 2.99. The Hall–Kier alpha value is -1.76. The van der Waals surface area contributed by atoms with Gasteiger partial charge in [-0.15, -0.1) is 0 Å². The van der Waals surface area contributed by atoms with Crippen LogP contribution in [0.3, 0.4) is 0 Å². The first kappa shape index (κ1) is 18.0. The van der Waals surface area contributed by atoms with Crippen molar-refractivity contribution in [3.63, 3.8) is 0 Å². The van der Waals surface area contributed by atoms with E-state index in [0.29, 0.717) is 38.0 Å². The Morgan fingerprint density at radius 3 is 2.32 bits per heavy atom. The number of piperidine rings is 1. The van der Waals surface area contributed by atoms with Crippen LogP contribution in [0.4, 0.5) is 4.79 Å². The van der Waals surface area contributed by atoms with E-state index in [0.717, 1.165) is 0 Å². The fraction of sp³-hybridized carbons (Fsp3) is 0.706. The molecule has 0 radical (unpaired) electrons. The zero-order chi connectivity index (χ0) is 18.6. The van der Waals surface area contributed by atoms with E-state index in [2.05, 4.69) is 20.8 Å². The summed E-state index contributed by atoms with van der Waals surface area (Å²) in [5.41, 5.74) is -0.368. The lowest BCUT2D eigenvalue weighted by atomic mass is 9.72. The van der Waals surface area contributed by atoms with Gasteiger partial charge in [-0.3, -0.25) is 4.79 Å². The van der Waals surface area contributed by atoms with Crippen molar-refractivity contribution in [2.75, 3.05) is 19.7 Å². The first-order valence-corrected chi connectivity index (χ1v) is 8.82. The van der Waals surface area contributed by atoms with Gasteiger partial charge in [0.15, 0.2) is 0 Å². The zero-order valence-corrected chi connectivity index (χ0v) is 15.4. The van der Waals surface area contributed by atoms with E-state index in [-0.39, 0.29) is 29.0 Å². The van der Waals surface area contributed by atoms with E-state index in [9.17, 15) is 14.4 Å². The monoisotopic (exact) mass is 370 g/mol. The first-order chi connectivity index (χ1) is 11.6. The fourth-order valence-electron chi connectivity index (χ4n) is 4.05. The standard InChI is InChI=1S/C17H23ClN2O5/c1-16(2,3)11-8-17(4-6-19(7-5-17)15(23)24)14(22)20(11)10-9-25-13(21)12(10)18/h11H,4-9H2,1-3H3,(H,23,24). The molecule has 3 aliphatic heterocycles. The minimum Gasteiger partial charge on any atom is -0.465 e. The van der Waals surface area contributed by atoms with Crippen molar-refractivity contribution < 1.29 is 24.2 Å². The smallest absolute Gasteiger partial charge is 0.407 e. The Morgan fingerprint density at radius 1 is 1.28 bits per heavy atom. The van der Waals surface area contributed by atoms with Gasteiger partial charge in [0.25, 0.3) is 0 Å². The van der Waals surface area contributed by atoms with E-state index in [1.54, 1.807) is 4.90 Å². The normalized spacial score (nSPS) is 26.6. The Balaban J connectivity index is 1.94. The maximum absolute atomic E-state index is 13.4. The van der Waals surface area contributed by atoms with E-state index in [1.807, 2.05) is 0 Å². The van der Waals surface area contributed by atoms with Gasteiger partial charge in [-0.25, -0.2) is 9.59 Å². The molecule has 1 atom stereocenters. The number of hydrogen-bond acceptors (Lipinski definition) is 4. The SMILES string of the molecule is CC(C)(C)C1CC2(CCN(C(=O)O)CC2)C(=O)N1C1=C(Cl)C(=O)OC1. The Kier molecular flexibility index (Phi) is 4.26. The summed E-state index contributed by atoms with van der Waals surface area (Å²) in [6, 6.07) is -0.116. The van der Waals surface area contributed by atoms with Crippen LogP contribution >= 0.6 is 11.6 Å². The molecule has 0 aromatic heterocycles. The van der Waals surface area contributed by atoms with Gasteiger partial charge in [-0.05, 0) is 24.7 Å². The number of hydrogen-bond donors (Lipinski definition) is 1. The molecule has 3 rings (SSSR count). The molecule has 1 spiro atoms. The molecular weight excluding hydrogens is 348 g/mol. The highest BCUT2D eigenvalue weighted by molar-refractivity contribution is 6.42. The van der Waals surface area contributed by atoms with Crippen molar-refractivity contribution in [3.05, 3.63) is 10.7 Å². The summed E-state index contributed by atoms with van der Waals surface area (Å²) >= 11 is 6.11. The average molecular weight is 371 g/mol. The molecule has 3 aliphatic rings. The second-order valence-corrected chi connectivity index (χ2v) is 8.53. The topological polar surface area (TPSA) is 87.2 Å². The number of nitrogens with zero attached hydrogens (tertiary/aromatic N) is 2. The molecular formula is C17H23ClN2O5. The highest BCUT2D eigenvalue weighted by atomic mass is 35.5. The lowest BCUT2D eigenvalue weighted by molar-refractivity contribution is -0.139. The predicted molar refractivity (Wildman–Crippen MR) is 89.8 cm³/mol. The summed E-state index contributed by atoms with van der Waals surface area (Å²) in [7, 11) is 0. The lowest BCUT2D eigenvalue weighted by Gasteiger charge is -2.36. The second-order valence-electron chi connectivity index (χ2n) is 8.15. The van der Waals surface area contributed by atoms with E-state index >= 15 is 0 Å². The molecule has 1 unspecified atom stereocenters. The fourth-order valence-corrected chi connectivity index (χ4v) is 4.25. The number of ether oxygens (including phenoxy) is 1. The van der Waals surface area contributed by atoms with Crippen LogP contribution in [0.2, 0.25) is 0 Å². The Bertz CT molecular complexity index is 658. The summed E-state index contributed by atoms with van der Waals surface area (Å²) in [5.74, 6) is -0.664. The molecule has 3 heterocycles. The molecule has 8 heteroatoms. The summed E-state index contributed by atoms with van der Waals surface area (Å²) in [6.07, 6.45) is 0.650. The van der Waals surface area contributed by atoms with Crippen LogP contribution in [-0.4, -0.2) is 58.6 Å². The third kappa shape index (κ3) is 2.88. The number of carbonyl (C=O) groups is 3. The van der Waals surface area contributed by atoms with Crippen LogP contribution in [0, 0.1) is 10.8 Å². The van der Waals surface area contributed by atoms with Gasteiger partial charge in [0, 0.05) is 19.1 Å². The molecule has 2 amide bonds. The summed E-state index contributed by atoms with van der Waals surface area (Å²) in [5, 5.41) is 9.13. The molecule has 1 N–H and O–H groups in total. The third-order valence-electron chi connectivity index (χ3n) is 5.62. The molecule has 2 fully saturated rings. The minimum absolute atomic E-state index is 0.00726. The van der Waals surface area contributed by atoms with Gasteiger partial charge >= 0.3 is 12.1 Å². The number of cyclic esters (lactones) is 1. The first-order valence-electron chi connectivity index (χ1n) is 8.44. The summed E-state index contributed by atoms with van der Waals surface area (Å²) in [4.78, 5) is 39.2. The number of likely N-dealkylation sites (tertiary alicyclic amines) is 2.